The van der Waals surface area contributed by atoms with Crippen molar-refractivity contribution in [3.05, 3.63) is 65.9 Å². The van der Waals surface area contributed by atoms with Crippen molar-refractivity contribution in [2.45, 2.75) is 12.8 Å². The molecular weight excluding hydrogens is 320 g/mol. The fourth-order valence-electron chi connectivity index (χ4n) is 2.46. The quantitative estimate of drug-likeness (QED) is 0.550. The van der Waals surface area contributed by atoms with E-state index in [1.54, 1.807) is 31.2 Å². The van der Waals surface area contributed by atoms with E-state index in [-0.39, 0.29) is 5.91 Å². The fraction of sp³-hybridized carbons (Fsp3) is 0.158. The molecule has 6 heteroatoms. The number of hydrogen-bond donors (Lipinski definition) is 2. The largest absolute Gasteiger partial charge is 0.465 e. The van der Waals surface area contributed by atoms with Gasteiger partial charge in [-0.05, 0) is 31.2 Å². The number of carbonyl (C=O) groups excluding carboxylic acids is 2. The van der Waals surface area contributed by atoms with Crippen LogP contribution in [0.2, 0.25) is 0 Å². The molecule has 3 aromatic rings. The van der Waals surface area contributed by atoms with Crippen LogP contribution < -0.4 is 10.9 Å². The number of nitrogens with one attached hydrogen (secondary N) is 2. The minimum absolute atomic E-state index is 0.279. The van der Waals surface area contributed by atoms with Crippen molar-refractivity contribution < 1.29 is 18.7 Å². The minimum atomic E-state index is -0.495. The van der Waals surface area contributed by atoms with E-state index in [9.17, 15) is 9.59 Å². The highest BCUT2D eigenvalue weighted by Crippen LogP contribution is 2.25. The fourth-order valence-corrected chi connectivity index (χ4v) is 2.46. The van der Waals surface area contributed by atoms with Crippen LogP contribution in [0, 0.1) is 0 Å². The van der Waals surface area contributed by atoms with Crippen molar-refractivity contribution in [2.75, 3.05) is 12.5 Å². The molecule has 3 rings (SSSR count). The summed E-state index contributed by atoms with van der Waals surface area (Å²) in [4.78, 5) is 24.1. The molecule has 0 aliphatic rings. The molecule has 1 heterocycles. The minimum Gasteiger partial charge on any atom is -0.465 e. The number of fused-ring (bicyclic) bond motifs is 1. The molecule has 0 fully saturated rings. The van der Waals surface area contributed by atoms with E-state index in [4.69, 9.17) is 9.15 Å². The highest BCUT2D eigenvalue weighted by Gasteiger charge is 2.20. The molecule has 0 saturated carbocycles. The van der Waals surface area contributed by atoms with Crippen molar-refractivity contribution in [3.63, 3.8) is 0 Å². The second kappa shape index (κ2) is 7.09. The Bertz CT molecular complexity index is 883. The van der Waals surface area contributed by atoms with Crippen LogP contribution in [-0.2, 0) is 9.53 Å². The summed E-state index contributed by atoms with van der Waals surface area (Å²) in [5.74, 6) is -0.687. The Balaban J connectivity index is 1.71. The van der Waals surface area contributed by atoms with E-state index in [1.165, 1.54) is 7.11 Å². The molecule has 25 heavy (non-hydrogen) atoms. The number of rotatable bonds is 5. The zero-order chi connectivity index (χ0) is 17.8. The summed E-state index contributed by atoms with van der Waals surface area (Å²) in [7, 11) is 1.31. The first-order chi connectivity index (χ1) is 12.1. The topological polar surface area (TPSA) is 80.6 Å². The van der Waals surface area contributed by atoms with Gasteiger partial charge in [0.2, 0.25) is 5.91 Å². The number of anilines is 1. The summed E-state index contributed by atoms with van der Waals surface area (Å²) >= 11 is 0. The zero-order valence-electron chi connectivity index (χ0n) is 13.9. The predicted octanol–water partition coefficient (Wildman–Crippen LogP) is 3.47. The maximum Gasteiger partial charge on any atom is 0.340 e. The molecule has 0 radical (unpaired) electrons. The van der Waals surface area contributed by atoms with Crippen molar-refractivity contribution in [1.29, 1.82) is 0 Å². The maximum atomic E-state index is 12.4. The highest BCUT2D eigenvalue weighted by atomic mass is 16.5. The predicted molar refractivity (Wildman–Crippen MR) is 94.2 cm³/mol. The van der Waals surface area contributed by atoms with Crippen molar-refractivity contribution in [3.8, 4) is 0 Å². The van der Waals surface area contributed by atoms with Gasteiger partial charge in [-0.2, -0.15) is 0 Å². The first kappa shape index (κ1) is 16.6. The summed E-state index contributed by atoms with van der Waals surface area (Å²) in [6.07, 6.45) is 0. The van der Waals surface area contributed by atoms with Gasteiger partial charge in [-0.1, -0.05) is 30.3 Å². The van der Waals surface area contributed by atoms with Gasteiger partial charge in [0.1, 0.15) is 11.3 Å². The molecule has 0 bridgehead atoms. The first-order valence-corrected chi connectivity index (χ1v) is 7.82. The Kier molecular flexibility index (Phi) is 4.70. The van der Waals surface area contributed by atoms with E-state index in [1.807, 2.05) is 30.3 Å². The molecule has 2 aromatic carbocycles. The van der Waals surface area contributed by atoms with Gasteiger partial charge in [0.25, 0.3) is 0 Å². The van der Waals surface area contributed by atoms with E-state index in [0.717, 1.165) is 11.0 Å². The molecular formula is C19H18N2O4. The van der Waals surface area contributed by atoms with Gasteiger partial charge in [-0.3, -0.25) is 15.6 Å². The monoisotopic (exact) mass is 338 g/mol. The number of furan rings is 1. The summed E-state index contributed by atoms with van der Waals surface area (Å²) in [6, 6.07) is 16.2. The number of hydrazine groups is 1. The van der Waals surface area contributed by atoms with Crippen LogP contribution in [0.15, 0.2) is 59.0 Å². The lowest BCUT2D eigenvalue weighted by molar-refractivity contribution is -0.122. The van der Waals surface area contributed by atoms with Gasteiger partial charge < -0.3 is 9.15 Å². The lowest BCUT2D eigenvalue weighted by Gasteiger charge is -2.14. The molecule has 0 spiro atoms. The molecule has 1 amide bonds. The van der Waals surface area contributed by atoms with Crippen LogP contribution in [0.3, 0.4) is 0 Å². The highest BCUT2D eigenvalue weighted by molar-refractivity contribution is 5.96. The van der Waals surface area contributed by atoms with Gasteiger partial charge in [-0.15, -0.1) is 0 Å². The normalized spacial score (nSPS) is 11.8. The number of carbonyl (C=O) groups is 2. The molecule has 2 N–H and O–H groups in total. The second-order valence-electron chi connectivity index (χ2n) is 5.56. The molecule has 0 aliphatic heterocycles. The molecule has 0 saturated heterocycles. The number of hydrogen-bond acceptors (Lipinski definition) is 5. The average molecular weight is 338 g/mol. The Morgan fingerprint density at radius 2 is 1.80 bits per heavy atom. The molecule has 0 aliphatic carbocycles. The van der Waals surface area contributed by atoms with Gasteiger partial charge in [0, 0.05) is 5.39 Å². The SMILES string of the molecule is COC(=O)c1ccccc1NNC(=O)C(C)c1cc2ccccc2o1. The Morgan fingerprint density at radius 3 is 2.56 bits per heavy atom. The number of para-hydroxylation sites is 2. The number of ether oxygens (including phenoxy) is 1. The van der Waals surface area contributed by atoms with Gasteiger partial charge in [0.05, 0.1) is 24.3 Å². The lowest BCUT2D eigenvalue weighted by Crippen LogP contribution is -2.33. The van der Waals surface area contributed by atoms with E-state index in [0.29, 0.717) is 17.0 Å². The lowest BCUT2D eigenvalue weighted by atomic mass is 10.1. The van der Waals surface area contributed by atoms with E-state index < -0.39 is 11.9 Å². The summed E-state index contributed by atoms with van der Waals surface area (Å²) < 4.78 is 10.4. The van der Waals surface area contributed by atoms with Crippen molar-refractivity contribution in [1.82, 2.24) is 5.43 Å². The van der Waals surface area contributed by atoms with Crippen molar-refractivity contribution >= 4 is 28.5 Å². The number of benzene rings is 2. The molecule has 1 atom stereocenters. The smallest absolute Gasteiger partial charge is 0.340 e. The first-order valence-electron chi connectivity index (χ1n) is 7.82. The average Bonchev–Trinajstić information content (AvgIpc) is 3.09. The van der Waals surface area contributed by atoms with Crippen LogP contribution >= 0.6 is 0 Å². The summed E-state index contributed by atoms with van der Waals surface area (Å²) in [5, 5.41) is 0.946. The van der Waals surface area contributed by atoms with Gasteiger partial charge >= 0.3 is 5.97 Å². The number of esters is 1. The summed E-state index contributed by atoms with van der Waals surface area (Å²) in [5.41, 5.74) is 6.90. The van der Waals surface area contributed by atoms with E-state index in [2.05, 4.69) is 10.9 Å². The summed E-state index contributed by atoms with van der Waals surface area (Å²) in [6.45, 7) is 1.75. The number of amides is 1. The second-order valence-corrected chi connectivity index (χ2v) is 5.56. The number of methoxy groups -OCH3 is 1. The van der Waals surface area contributed by atoms with E-state index >= 15 is 0 Å². The molecule has 128 valence electrons. The zero-order valence-corrected chi connectivity index (χ0v) is 13.9. The van der Waals surface area contributed by atoms with Crippen LogP contribution in [0.25, 0.3) is 11.0 Å². The standard InChI is InChI=1S/C19H18N2O4/c1-12(17-11-13-7-3-6-10-16(13)25-17)18(22)21-20-15-9-5-4-8-14(15)19(23)24-2/h3-12,20H,1-2H3,(H,21,22). The van der Waals surface area contributed by atoms with Crippen LogP contribution in [0.1, 0.15) is 29.0 Å². The Labute approximate surface area is 144 Å². The van der Waals surface area contributed by atoms with Crippen LogP contribution in [-0.4, -0.2) is 19.0 Å². The van der Waals surface area contributed by atoms with Crippen molar-refractivity contribution in [2.24, 2.45) is 0 Å². The van der Waals surface area contributed by atoms with Gasteiger partial charge in [-0.25, -0.2) is 4.79 Å². The third-order valence-corrected chi connectivity index (χ3v) is 3.92. The van der Waals surface area contributed by atoms with Crippen LogP contribution in [0.5, 0.6) is 0 Å². The molecule has 1 aromatic heterocycles. The third kappa shape index (κ3) is 3.47. The Morgan fingerprint density at radius 1 is 1.08 bits per heavy atom. The third-order valence-electron chi connectivity index (χ3n) is 3.92. The molecule has 1 unspecified atom stereocenters. The van der Waals surface area contributed by atoms with Gasteiger partial charge in [0.15, 0.2) is 0 Å². The maximum absolute atomic E-state index is 12.4. The van der Waals surface area contributed by atoms with Crippen LogP contribution in [0.4, 0.5) is 5.69 Å². The Hall–Kier alpha value is -3.28. The molecule has 6 nitrogen and oxygen atoms in total.